The van der Waals surface area contributed by atoms with E-state index in [2.05, 4.69) is 17.5 Å². The number of carbonyl (C=O) groups is 1. The largest absolute Gasteiger partial charge is 0.337 e. The van der Waals surface area contributed by atoms with Crippen LogP contribution in [0.1, 0.15) is 31.2 Å². The molecule has 4 heteroatoms. The van der Waals surface area contributed by atoms with Crippen LogP contribution < -0.4 is 5.32 Å². The van der Waals surface area contributed by atoms with Crippen LogP contribution in [-0.4, -0.2) is 17.2 Å². The summed E-state index contributed by atoms with van der Waals surface area (Å²) in [5.74, 6) is 0.322. The van der Waals surface area contributed by atoms with Crippen LogP contribution in [0.2, 0.25) is 0 Å². The maximum absolute atomic E-state index is 11.9. The topological polar surface area (TPSA) is 52.9 Å². The number of benzene rings is 1. The number of nitrogens with zero attached hydrogens (tertiary/aromatic N) is 1. The van der Waals surface area contributed by atoms with Gasteiger partial charge in [-0.1, -0.05) is 17.7 Å². The van der Waals surface area contributed by atoms with Gasteiger partial charge in [-0.05, 0) is 44.7 Å². The van der Waals surface area contributed by atoms with Crippen LogP contribution in [-0.2, 0) is 4.79 Å². The van der Waals surface area contributed by atoms with Crippen molar-refractivity contribution >= 4 is 17.7 Å². The zero-order valence-corrected chi connectivity index (χ0v) is 11.9. The predicted octanol–water partition coefficient (Wildman–Crippen LogP) is 3.04. The van der Waals surface area contributed by atoms with Crippen molar-refractivity contribution in [2.45, 2.75) is 43.0 Å². The SMILES string of the molecule is Cc1cccc(SCC(=O)NC2(C#N)CCCC2)c1. The van der Waals surface area contributed by atoms with E-state index >= 15 is 0 Å². The first kappa shape index (κ1) is 14.0. The summed E-state index contributed by atoms with van der Waals surface area (Å²) in [4.78, 5) is 13.0. The molecule has 3 nitrogen and oxygen atoms in total. The van der Waals surface area contributed by atoms with Crippen LogP contribution in [0.5, 0.6) is 0 Å². The van der Waals surface area contributed by atoms with Crippen LogP contribution in [0.3, 0.4) is 0 Å². The second-order valence-electron chi connectivity index (χ2n) is 5.05. The molecular weight excluding hydrogens is 256 g/mol. The molecule has 0 radical (unpaired) electrons. The summed E-state index contributed by atoms with van der Waals surface area (Å²) in [6.07, 6.45) is 3.62. The van der Waals surface area contributed by atoms with Crippen molar-refractivity contribution in [3.05, 3.63) is 29.8 Å². The Balaban J connectivity index is 1.87. The van der Waals surface area contributed by atoms with Crippen molar-refractivity contribution in [3.8, 4) is 6.07 Å². The Kier molecular flexibility index (Phi) is 4.49. The standard InChI is InChI=1S/C15H18N2OS/c1-12-5-4-6-13(9-12)19-10-14(18)17-15(11-16)7-2-3-8-15/h4-6,9H,2-3,7-8,10H2,1H3,(H,17,18). The first-order valence-electron chi connectivity index (χ1n) is 6.55. The van der Waals surface area contributed by atoms with Gasteiger partial charge < -0.3 is 5.32 Å². The van der Waals surface area contributed by atoms with E-state index in [1.54, 1.807) is 0 Å². The molecule has 1 aliphatic carbocycles. The molecule has 1 saturated carbocycles. The van der Waals surface area contributed by atoms with Crippen molar-refractivity contribution in [2.24, 2.45) is 0 Å². The molecule has 2 rings (SSSR count). The van der Waals surface area contributed by atoms with Gasteiger partial charge in [-0.2, -0.15) is 5.26 Å². The molecular formula is C15H18N2OS. The van der Waals surface area contributed by atoms with E-state index in [9.17, 15) is 10.1 Å². The Bertz CT molecular complexity index is 501. The van der Waals surface area contributed by atoms with Crippen molar-refractivity contribution in [1.29, 1.82) is 5.26 Å². The number of thioether (sulfide) groups is 1. The molecule has 1 aromatic carbocycles. The molecule has 1 aliphatic rings. The first-order chi connectivity index (χ1) is 9.13. The van der Waals surface area contributed by atoms with E-state index in [0.29, 0.717) is 5.75 Å². The minimum absolute atomic E-state index is 0.0463. The van der Waals surface area contributed by atoms with Gasteiger partial charge in [-0.3, -0.25) is 4.79 Å². The summed E-state index contributed by atoms with van der Waals surface area (Å²) in [6.45, 7) is 2.04. The Morgan fingerprint density at radius 1 is 1.47 bits per heavy atom. The summed E-state index contributed by atoms with van der Waals surface area (Å²) in [5.41, 5.74) is 0.583. The molecule has 0 aliphatic heterocycles. The molecule has 0 saturated heterocycles. The highest BCUT2D eigenvalue weighted by Crippen LogP contribution is 2.29. The van der Waals surface area contributed by atoms with Crippen LogP contribution >= 0.6 is 11.8 Å². The number of hydrogen-bond donors (Lipinski definition) is 1. The zero-order chi connectivity index (χ0) is 13.7. The molecule has 0 atom stereocenters. The smallest absolute Gasteiger partial charge is 0.231 e. The quantitative estimate of drug-likeness (QED) is 0.859. The van der Waals surface area contributed by atoms with E-state index in [-0.39, 0.29) is 5.91 Å². The number of carbonyl (C=O) groups excluding carboxylic acids is 1. The maximum Gasteiger partial charge on any atom is 0.231 e. The lowest BCUT2D eigenvalue weighted by Crippen LogP contribution is -2.45. The lowest BCUT2D eigenvalue weighted by Gasteiger charge is -2.21. The van der Waals surface area contributed by atoms with Gasteiger partial charge in [0.1, 0.15) is 5.54 Å². The Labute approximate surface area is 118 Å². The molecule has 0 spiro atoms. The number of amides is 1. The summed E-state index contributed by atoms with van der Waals surface area (Å²) < 4.78 is 0. The molecule has 0 aromatic heterocycles. The minimum atomic E-state index is -0.607. The van der Waals surface area contributed by atoms with E-state index in [4.69, 9.17) is 0 Å². The summed E-state index contributed by atoms with van der Waals surface area (Å²) in [6, 6.07) is 10.4. The lowest BCUT2D eigenvalue weighted by atomic mass is 10.0. The van der Waals surface area contributed by atoms with Crippen LogP contribution in [0.25, 0.3) is 0 Å². The van der Waals surface area contributed by atoms with Gasteiger partial charge in [0.25, 0.3) is 0 Å². The zero-order valence-electron chi connectivity index (χ0n) is 11.1. The molecule has 0 bridgehead atoms. The third kappa shape index (κ3) is 3.74. The van der Waals surface area contributed by atoms with Crippen LogP contribution in [0.15, 0.2) is 29.2 Å². The van der Waals surface area contributed by atoms with Crippen molar-refractivity contribution in [1.82, 2.24) is 5.32 Å². The summed E-state index contributed by atoms with van der Waals surface area (Å²) in [7, 11) is 0. The fraction of sp³-hybridized carbons (Fsp3) is 0.467. The van der Waals surface area contributed by atoms with Crippen molar-refractivity contribution in [3.63, 3.8) is 0 Å². The number of aryl methyl sites for hydroxylation is 1. The van der Waals surface area contributed by atoms with Gasteiger partial charge in [0.15, 0.2) is 0 Å². The molecule has 0 unspecified atom stereocenters. The normalized spacial score (nSPS) is 16.8. The number of rotatable bonds is 4. The van der Waals surface area contributed by atoms with Gasteiger partial charge in [0.2, 0.25) is 5.91 Å². The van der Waals surface area contributed by atoms with Gasteiger partial charge in [0.05, 0.1) is 11.8 Å². The third-order valence-electron chi connectivity index (χ3n) is 3.41. The minimum Gasteiger partial charge on any atom is -0.337 e. The lowest BCUT2D eigenvalue weighted by molar-refractivity contribution is -0.119. The molecule has 19 heavy (non-hydrogen) atoms. The average Bonchev–Trinajstić information content (AvgIpc) is 2.86. The van der Waals surface area contributed by atoms with E-state index in [1.807, 2.05) is 25.1 Å². The highest BCUT2D eigenvalue weighted by atomic mass is 32.2. The second-order valence-corrected chi connectivity index (χ2v) is 6.10. The van der Waals surface area contributed by atoms with E-state index in [0.717, 1.165) is 30.6 Å². The van der Waals surface area contributed by atoms with E-state index < -0.39 is 5.54 Å². The molecule has 1 fully saturated rings. The summed E-state index contributed by atoms with van der Waals surface area (Å²) in [5, 5.41) is 12.1. The fourth-order valence-electron chi connectivity index (χ4n) is 2.40. The van der Waals surface area contributed by atoms with E-state index in [1.165, 1.54) is 17.3 Å². The molecule has 100 valence electrons. The maximum atomic E-state index is 11.9. The number of nitriles is 1. The average molecular weight is 274 g/mol. The van der Waals surface area contributed by atoms with Crippen LogP contribution in [0, 0.1) is 18.3 Å². The Morgan fingerprint density at radius 2 is 2.21 bits per heavy atom. The van der Waals surface area contributed by atoms with Crippen molar-refractivity contribution < 1.29 is 4.79 Å². The monoisotopic (exact) mass is 274 g/mol. The Hall–Kier alpha value is -1.47. The molecule has 1 N–H and O–H groups in total. The molecule has 1 aromatic rings. The first-order valence-corrected chi connectivity index (χ1v) is 7.54. The number of nitrogens with one attached hydrogen (secondary N) is 1. The van der Waals surface area contributed by atoms with Crippen molar-refractivity contribution in [2.75, 3.05) is 5.75 Å². The van der Waals surface area contributed by atoms with Gasteiger partial charge >= 0.3 is 0 Å². The summed E-state index contributed by atoms with van der Waals surface area (Å²) >= 11 is 1.51. The second kappa shape index (κ2) is 6.12. The Morgan fingerprint density at radius 3 is 2.84 bits per heavy atom. The van der Waals surface area contributed by atoms with Crippen LogP contribution in [0.4, 0.5) is 0 Å². The highest BCUT2D eigenvalue weighted by Gasteiger charge is 2.35. The third-order valence-corrected chi connectivity index (χ3v) is 4.40. The highest BCUT2D eigenvalue weighted by molar-refractivity contribution is 8.00. The fourth-order valence-corrected chi connectivity index (χ4v) is 3.21. The predicted molar refractivity (Wildman–Crippen MR) is 76.9 cm³/mol. The molecule has 0 heterocycles. The molecule has 1 amide bonds. The van der Waals surface area contributed by atoms with Gasteiger partial charge in [-0.15, -0.1) is 11.8 Å². The number of hydrogen-bond acceptors (Lipinski definition) is 3. The van der Waals surface area contributed by atoms with Gasteiger partial charge in [0, 0.05) is 4.90 Å². The van der Waals surface area contributed by atoms with Gasteiger partial charge in [-0.25, -0.2) is 0 Å².